The number of hydrogen-bond acceptors (Lipinski definition) is 9. The fourth-order valence-electron chi connectivity index (χ4n) is 3.27. The summed E-state index contributed by atoms with van der Waals surface area (Å²) >= 11 is 0. The summed E-state index contributed by atoms with van der Waals surface area (Å²) in [6, 6.07) is 10.2. The van der Waals surface area contributed by atoms with E-state index in [2.05, 4.69) is 0 Å². The van der Waals surface area contributed by atoms with Crippen LogP contribution in [-0.2, 0) is 20.6 Å². The highest BCUT2D eigenvalue weighted by Crippen LogP contribution is 2.37. The lowest BCUT2D eigenvalue weighted by molar-refractivity contribution is 0.0463. The quantitative estimate of drug-likeness (QED) is 0.332. The number of benzene rings is 2. The van der Waals surface area contributed by atoms with Crippen molar-refractivity contribution in [3.8, 4) is 28.4 Å². The van der Waals surface area contributed by atoms with Gasteiger partial charge in [-0.3, -0.25) is 0 Å². The van der Waals surface area contributed by atoms with E-state index < -0.39 is 5.63 Å². The van der Waals surface area contributed by atoms with Crippen LogP contribution in [-0.4, -0.2) is 53.4 Å². The van der Waals surface area contributed by atoms with Crippen LogP contribution in [0.5, 0.6) is 17.2 Å². The second kappa shape index (κ2) is 11.5. The molecule has 172 valence electrons. The molecule has 32 heavy (non-hydrogen) atoms. The Bertz CT molecular complexity index is 1090. The molecule has 0 aliphatic rings. The fourth-order valence-corrected chi connectivity index (χ4v) is 3.27. The number of aliphatic hydroxyl groups excluding tert-OH is 1. The molecule has 0 fully saturated rings. The van der Waals surface area contributed by atoms with Crippen LogP contribution in [0.3, 0.4) is 0 Å². The molecule has 1 N–H and O–H groups in total. The molecule has 2 aromatic carbocycles. The van der Waals surface area contributed by atoms with Crippen molar-refractivity contribution >= 4 is 11.0 Å². The van der Waals surface area contributed by atoms with Crippen LogP contribution in [0.25, 0.3) is 22.1 Å². The molecule has 9 heteroatoms. The van der Waals surface area contributed by atoms with Crippen molar-refractivity contribution in [1.82, 2.24) is 0 Å². The SMILES string of the molecule is COCOc1ccc(-c2c(CCO)c3ccc(OCOC)cc3oc2=O)c(OCOC)c1. The van der Waals surface area contributed by atoms with Crippen LogP contribution in [0.4, 0.5) is 0 Å². The largest absolute Gasteiger partial charge is 0.467 e. The summed E-state index contributed by atoms with van der Waals surface area (Å²) in [5, 5.41) is 10.4. The summed E-state index contributed by atoms with van der Waals surface area (Å²) in [6.07, 6.45) is 0.237. The molecular weight excluding hydrogens is 420 g/mol. The first-order valence-corrected chi connectivity index (χ1v) is 9.83. The van der Waals surface area contributed by atoms with E-state index in [0.717, 1.165) is 0 Å². The summed E-state index contributed by atoms with van der Waals surface area (Å²) in [6.45, 7) is -0.0641. The van der Waals surface area contributed by atoms with E-state index in [1.807, 2.05) is 0 Å². The van der Waals surface area contributed by atoms with Crippen LogP contribution in [0.2, 0.25) is 0 Å². The van der Waals surface area contributed by atoms with Crippen LogP contribution in [0.1, 0.15) is 5.56 Å². The minimum Gasteiger partial charge on any atom is -0.467 e. The molecule has 0 aliphatic carbocycles. The lowest BCUT2D eigenvalue weighted by Gasteiger charge is -2.16. The zero-order chi connectivity index (χ0) is 22.9. The van der Waals surface area contributed by atoms with Gasteiger partial charge in [0, 0.05) is 51.0 Å². The third kappa shape index (κ3) is 5.38. The molecule has 0 unspecified atom stereocenters. The van der Waals surface area contributed by atoms with Gasteiger partial charge in [-0.05, 0) is 36.2 Å². The monoisotopic (exact) mass is 446 g/mol. The van der Waals surface area contributed by atoms with E-state index in [-0.39, 0.29) is 33.4 Å². The van der Waals surface area contributed by atoms with Crippen LogP contribution >= 0.6 is 0 Å². The molecular formula is C23H26O9. The van der Waals surface area contributed by atoms with Crippen LogP contribution < -0.4 is 19.8 Å². The second-order valence-electron chi connectivity index (χ2n) is 6.69. The van der Waals surface area contributed by atoms with Crippen LogP contribution in [0.15, 0.2) is 45.6 Å². The van der Waals surface area contributed by atoms with Gasteiger partial charge in [0.25, 0.3) is 0 Å². The Morgan fingerprint density at radius 1 is 0.844 bits per heavy atom. The molecule has 0 saturated heterocycles. The molecule has 1 heterocycles. The zero-order valence-electron chi connectivity index (χ0n) is 18.2. The Morgan fingerprint density at radius 3 is 2.12 bits per heavy atom. The summed E-state index contributed by atoms with van der Waals surface area (Å²) in [5.41, 5.74) is 1.19. The van der Waals surface area contributed by atoms with Crippen molar-refractivity contribution < 1.29 is 37.9 Å². The molecule has 0 bridgehead atoms. The van der Waals surface area contributed by atoms with Crippen molar-refractivity contribution in [3.05, 3.63) is 52.4 Å². The minimum absolute atomic E-state index is 0.0326. The lowest BCUT2D eigenvalue weighted by Crippen LogP contribution is -2.11. The molecule has 0 saturated carbocycles. The molecule has 0 atom stereocenters. The smallest absolute Gasteiger partial charge is 0.344 e. The summed E-state index contributed by atoms with van der Waals surface area (Å²) in [4.78, 5) is 13.1. The average molecular weight is 446 g/mol. The summed E-state index contributed by atoms with van der Waals surface area (Å²) in [5.74, 6) is 1.36. The third-order valence-electron chi connectivity index (χ3n) is 4.59. The van der Waals surface area contributed by atoms with Gasteiger partial charge in [-0.15, -0.1) is 0 Å². The molecule has 0 spiro atoms. The molecule has 3 aromatic rings. The molecule has 9 nitrogen and oxygen atoms in total. The van der Waals surface area contributed by atoms with Gasteiger partial charge >= 0.3 is 5.63 Å². The summed E-state index contributed by atoms with van der Waals surface area (Å²) in [7, 11) is 4.53. The lowest BCUT2D eigenvalue weighted by atomic mass is 9.95. The van der Waals surface area contributed by atoms with Gasteiger partial charge in [0.15, 0.2) is 20.4 Å². The normalized spacial score (nSPS) is 11.0. The van der Waals surface area contributed by atoms with E-state index in [9.17, 15) is 9.90 Å². The molecule has 0 radical (unpaired) electrons. The number of methoxy groups -OCH3 is 3. The standard InChI is InChI=1S/C23H26O9/c1-26-12-29-15-5-7-19(20(10-15)31-14-28-3)22-18(8-9-24)17-6-4-16(30-13-27-2)11-21(17)32-23(22)25/h4-7,10-11,24H,8-9,12-14H2,1-3H3. The van der Waals surface area contributed by atoms with Gasteiger partial charge in [0.2, 0.25) is 0 Å². The van der Waals surface area contributed by atoms with Gasteiger partial charge in [-0.1, -0.05) is 0 Å². The maximum Gasteiger partial charge on any atom is 0.344 e. The first-order chi connectivity index (χ1) is 15.6. The Labute approximate surface area is 185 Å². The van der Waals surface area contributed by atoms with Gasteiger partial charge in [0.1, 0.15) is 22.8 Å². The van der Waals surface area contributed by atoms with E-state index in [1.54, 1.807) is 36.4 Å². The van der Waals surface area contributed by atoms with Crippen molar-refractivity contribution in [2.75, 3.05) is 48.3 Å². The maximum absolute atomic E-state index is 13.1. The highest BCUT2D eigenvalue weighted by atomic mass is 16.7. The molecule has 0 amide bonds. The van der Waals surface area contributed by atoms with Gasteiger partial charge in [-0.2, -0.15) is 0 Å². The van der Waals surface area contributed by atoms with Crippen molar-refractivity contribution in [1.29, 1.82) is 0 Å². The summed E-state index contributed by atoms with van der Waals surface area (Å²) < 4.78 is 37.1. The van der Waals surface area contributed by atoms with Gasteiger partial charge < -0.3 is 37.9 Å². The van der Waals surface area contributed by atoms with Crippen LogP contribution in [0, 0.1) is 0 Å². The van der Waals surface area contributed by atoms with E-state index in [1.165, 1.54) is 21.3 Å². The number of hydrogen-bond donors (Lipinski definition) is 1. The molecule has 1 aromatic heterocycles. The Kier molecular flexibility index (Phi) is 8.46. The first kappa shape index (κ1) is 23.6. The maximum atomic E-state index is 13.1. The molecule has 3 rings (SSSR count). The Hall–Kier alpha value is -3.11. The third-order valence-corrected chi connectivity index (χ3v) is 4.59. The minimum atomic E-state index is -0.572. The number of aliphatic hydroxyl groups is 1. The van der Waals surface area contributed by atoms with E-state index >= 15 is 0 Å². The number of rotatable bonds is 12. The van der Waals surface area contributed by atoms with Gasteiger partial charge in [-0.25, -0.2) is 4.79 Å². The van der Waals surface area contributed by atoms with E-state index in [4.69, 9.17) is 32.8 Å². The fraction of sp³-hybridized carbons (Fsp3) is 0.348. The van der Waals surface area contributed by atoms with Crippen molar-refractivity contribution in [2.24, 2.45) is 0 Å². The molecule has 0 aliphatic heterocycles. The van der Waals surface area contributed by atoms with Crippen molar-refractivity contribution in [3.63, 3.8) is 0 Å². The van der Waals surface area contributed by atoms with E-state index in [0.29, 0.717) is 44.9 Å². The Balaban J connectivity index is 2.17. The van der Waals surface area contributed by atoms with Gasteiger partial charge in [0.05, 0.1) is 5.56 Å². The zero-order valence-corrected chi connectivity index (χ0v) is 18.2. The predicted molar refractivity (Wildman–Crippen MR) is 116 cm³/mol. The van der Waals surface area contributed by atoms with Crippen molar-refractivity contribution in [2.45, 2.75) is 6.42 Å². The topological polar surface area (TPSA) is 106 Å². The first-order valence-electron chi connectivity index (χ1n) is 9.83. The highest BCUT2D eigenvalue weighted by Gasteiger charge is 2.20. The number of ether oxygens (including phenoxy) is 6. The predicted octanol–water partition coefficient (Wildman–Crippen LogP) is 2.94. The average Bonchev–Trinajstić information content (AvgIpc) is 2.80. The highest BCUT2D eigenvalue weighted by molar-refractivity contribution is 5.89. The number of fused-ring (bicyclic) bond motifs is 1. The second-order valence-corrected chi connectivity index (χ2v) is 6.69. The Morgan fingerprint density at radius 2 is 1.47 bits per heavy atom.